The Hall–Kier alpha value is -4.13. The maximum absolute atomic E-state index is 13.5. The third kappa shape index (κ3) is 4.01. The third-order valence-corrected chi connectivity index (χ3v) is 6.10. The lowest BCUT2D eigenvalue weighted by atomic mass is 9.98. The molecule has 0 bridgehead atoms. The van der Waals surface area contributed by atoms with Gasteiger partial charge in [0, 0.05) is 30.9 Å². The summed E-state index contributed by atoms with van der Waals surface area (Å²) in [5.41, 5.74) is 5.20. The van der Waals surface area contributed by atoms with Gasteiger partial charge in [0.1, 0.15) is 11.5 Å². The summed E-state index contributed by atoms with van der Waals surface area (Å²) < 4.78 is 26.2. The van der Waals surface area contributed by atoms with Crippen LogP contribution in [-0.2, 0) is 17.8 Å². The molecule has 1 aliphatic rings. The summed E-state index contributed by atoms with van der Waals surface area (Å²) in [7, 11) is 3.22. The molecule has 2 aromatic carbocycles. The zero-order valence-electron chi connectivity index (χ0n) is 19.0. The van der Waals surface area contributed by atoms with E-state index in [1.54, 1.807) is 38.5 Å². The second kappa shape index (κ2) is 9.02. The second-order valence-electron chi connectivity index (χ2n) is 8.10. The summed E-state index contributed by atoms with van der Waals surface area (Å²) in [5.74, 6) is 0.957. The van der Waals surface area contributed by atoms with Crippen LogP contribution >= 0.6 is 0 Å². The van der Waals surface area contributed by atoms with Crippen molar-refractivity contribution in [1.82, 2.24) is 14.3 Å². The topological polar surface area (TPSA) is 56.1 Å². The normalized spacial score (nSPS) is 13.3. The molecule has 0 N–H and O–H groups in total. The van der Waals surface area contributed by atoms with E-state index < -0.39 is 0 Å². The van der Waals surface area contributed by atoms with Gasteiger partial charge in [0.15, 0.2) is 11.5 Å². The van der Waals surface area contributed by atoms with Gasteiger partial charge in [-0.1, -0.05) is 6.07 Å². The van der Waals surface area contributed by atoms with Crippen LogP contribution in [0.2, 0.25) is 0 Å². The molecule has 0 saturated carbocycles. The van der Waals surface area contributed by atoms with Crippen LogP contribution in [0.25, 0.3) is 23.0 Å². The highest BCUT2D eigenvalue weighted by Crippen LogP contribution is 2.33. The molecule has 34 heavy (non-hydrogen) atoms. The average molecular weight is 458 g/mol. The van der Waals surface area contributed by atoms with Crippen LogP contribution in [0.3, 0.4) is 0 Å². The Balaban J connectivity index is 1.44. The zero-order chi connectivity index (χ0) is 23.7. The number of methoxy groups -OCH3 is 2. The summed E-state index contributed by atoms with van der Waals surface area (Å²) in [6.07, 6.45) is 6.00. The van der Waals surface area contributed by atoms with E-state index in [-0.39, 0.29) is 11.7 Å². The summed E-state index contributed by atoms with van der Waals surface area (Å²) in [6.45, 7) is 1.11. The number of carbonyl (C=O) groups is 1. The summed E-state index contributed by atoms with van der Waals surface area (Å²) in [6, 6.07) is 15.8. The minimum Gasteiger partial charge on any atom is -0.493 e. The number of pyridine rings is 1. The lowest BCUT2D eigenvalue weighted by molar-refractivity contribution is -0.126. The number of imidazole rings is 1. The van der Waals surface area contributed by atoms with E-state index in [2.05, 4.69) is 0 Å². The van der Waals surface area contributed by atoms with Gasteiger partial charge in [-0.25, -0.2) is 9.37 Å². The average Bonchev–Trinajstić information content (AvgIpc) is 3.25. The minimum atomic E-state index is -0.306. The fraction of sp³-hybridized carbons (Fsp3) is 0.185. The second-order valence-corrected chi connectivity index (χ2v) is 8.10. The van der Waals surface area contributed by atoms with Gasteiger partial charge in [0.25, 0.3) is 0 Å². The number of halogens is 1. The fourth-order valence-corrected chi connectivity index (χ4v) is 4.32. The molecule has 2 aromatic heterocycles. The van der Waals surface area contributed by atoms with Gasteiger partial charge in [-0.15, -0.1) is 0 Å². The number of carbonyl (C=O) groups excluding carboxylic acids is 1. The number of benzene rings is 2. The lowest BCUT2D eigenvalue weighted by Crippen LogP contribution is -2.34. The Morgan fingerprint density at radius 1 is 1.03 bits per heavy atom. The molecule has 7 heteroatoms. The third-order valence-electron chi connectivity index (χ3n) is 6.10. The molecule has 3 heterocycles. The number of aromatic nitrogens is 2. The molecular weight excluding hydrogens is 433 g/mol. The Bertz CT molecular complexity index is 1390. The summed E-state index contributed by atoms with van der Waals surface area (Å²) in [5, 5.41) is 0. The van der Waals surface area contributed by atoms with E-state index in [4.69, 9.17) is 14.5 Å². The molecule has 5 rings (SSSR count). The predicted molar refractivity (Wildman–Crippen MR) is 128 cm³/mol. The Morgan fingerprint density at radius 2 is 1.76 bits per heavy atom. The first-order valence-corrected chi connectivity index (χ1v) is 11.0. The van der Waals surface area contributed by atoms with E-state index in [9.17, 15) is 9.18 Å². The van der Waals surface area contributed by atoms with Gasteiger partial charge < -0.3 is 14.4 Å². The monoisotopic (exact) mass is 457 g/mol. The van der Waals surface area contributed by atoms with E-state index >= 15 is 0 Å². The number of rotatable bonds is 5. The smallest absolute Gasteiger partial charge is 0.246 e. The van der Waals surface area contributed by atoms with E-state index in [0.29, 0.717) is 30.3 Å². The lowest BCUT2D eigenvalue weighted by Gasteiger charge is -2.28. The molecule has 0 saturated heterocycles. The molecule has 0 fully saturated rings. The predicted octanol–water partition coefficient (Wildman–Crippen LogP) is 4.76. The molecule has 1 amide bonds. The van der Waals surface area contributed by atoms with E-state index in [1.165, 1.54) is 12.1 Å². The molecular formula is C27H24FN3O3. The van der Waals surface area contributed by atoms with Crippen LogP contribution in [0.15, 0.2) is 66.9 Å². The number of ether oxygens (including phenoxy) is 2. The van der Waals surface area contributed by atoms with Crippen molar-refractivity contribution in [1.29, 1.82) is 0 Å². The Kier molecular flexibility index (Phi) is 5.76. The van der Waals surface area contributed by atoms with Gasteiger partial charge in [-0.3, -0.25) is 9.20 Å². The van der Waals surface area contributed by atoms with E-state index in [0.717, 1.165) is 34.5 Å². The Morgan fingerprint density at radius 3 is 2.50 bits per heavy atom. The SMILES string of the molecule is COc1cc2c(cc1OC)CN(C(=O)/C=C/c1c(-c3ccc(F)cc3)nc3ccccn13)CC2. The minimum absolute atomic E-state index is 0.0867. The van der Waals surface area contributed by atoms with Gasteiger partial charge in [-0.05, 0) is 72.2 Å². The van der Waals surface area contributed by atoms with Crippen LogP contribution in [0, 0.1) is 5.82 Å². The standard InChI is InChI=1S/C27H24FN3O3/c1-33-23-15-19-12-14-30(17-20(19)16-24(23)34-2)26(32)11-10-22-27(18-6-8-21(28)9-7-18)29-25-5-3-4-13-31(22)25/h3-11,13,15-16H,12,14,17H2,1-2H3/b11-10+. The van der Waals surface area contributed by atoms with Crippen molar-refractivity contribution in [3.63, 3.8) is 0 Å². The van der Waals surface area contributed by atoms with Crippen LogP contribution in [0.5, 0.6) is 11.5 Å². The van der Waals surface area contributed by atoms with Crippen LogP contribution < -0.4 is 9.47 Å². The first-order chi connectivity index (χ1) is 16.6. The molecule has 1 aliphatic heterocycles. The molecule has 0 aliphatic carbocycles. The number of nitrogens with zero attached hydrogens (tertiary/aromatic N) is 3. The van der Waals surface area contributed by atoms with Crippen molar-refractivity contribution < 1.29 is 18.7 Å². The molecule has 0 spiro atoms. The van der Waals surface area contributed by atoms with Gasteiger partial charge in [0.05, 0.1) is 25.6 Å². The molecule has 0 unspecified atom stereocenters. The highest BCUT2D eigenvalue weighted by atomic mass is 19.1. The molecule has 172 valence electrons. The Labute approximate surface area is 196 Å². The van der Waals surface area contributed by atoms with Crippen molar-refractivity contribution in [2.24, 2.45) is 0 Å². The zero-order valence-corrected chi connectivity index (χ0v) is 19.0. The molecule has 0 radical (unpaired) electrons. The maximum Gasteiger partial charge on any atom is 0.246 e. The molecule has 0 atom stereocenters. The van der Waals surface area contributed by atoms with E-state index in [1.807, 2.05) is 45.8 Å². The quantitative estimate of drug-likeness (QED) is 0.406. The van der Waals surface area contributed by atoms with Gasteiger partial charge in [0.2, 0.25) is 5.91 Å². The largest absolute Gasteiger partial charge is 0.493 e. The highest BCUT2D eigenvalue weighted by molar-refractivity contribution is 5.93. The van der Waals surface area contributed by atoms with Crippen LogP contribution in [0.4, 0.5) is 4.39 Å². The number of amides is 1. The summed E-state index contributed by atoms with van der Waals surface area (Å²) >= 11 is 0. The molecule has 6 nitrogen and oxygen atoms in total. The van der Waals surface area contributed by atoms with Crippen molar-refractivity contribution in [2.75, 3.05) is 20.8 Å². The van der Waals surface area contributed by atoms with Crippen LogP contribution in [-0.4, -0.2) is 41.0 Å². The molecule has 4 aromatic rings. The van der Waals surface area contributed by atoms with Crippen molar-refractivity contribution in [3.05, 3.63) is 89.5 Å². The van der Waals surface area contributed by atoms with Crippen LogP contribution in [0.1, 0.15) is 16.8 Å². The highest BCUT2D eigenvalue weighted by Gasteiger charge is 2.22. The first-order valence-electron chi connectivity index (χ1n) is 11.0. The fourth-order valence-electron chi connectivity index (χ4n) is 4.32. The van der Waals surface area contributed by atoms with Crippen molar-refractivity contribution in [2.45, 2.75) is 13.0 Å². The van der Waals surface area contributed by atoms with Gasteiger partial charge >= 0.3 is 0 Å². The van der Waals surface area contributed by atoms with Crippen molar-refractivity contribution >= 4 is 17.6 Å². The first kappa shape index (κ1) is 21.7. The number of fused-ring (bicyclic) bond motifs is 2. The number of hydrogen-bond donors (Lipinski definition) is 0. The van der Waals surface area contributed by atoms with Gasteiger partial charge in [-0.2, -0.15) is 0 Å². The number of hydrogen-bond acceptors (Lipinski definition) is 4. The van der Waals surface area contributed by atoms with Crippen molar-refractivity contribution in [3.8, 4) is 22.8 Å². The summed E-state index contributed by atoms with van der Waals surface area (Å²) in [4.78, 5) is 19.6. The maximum atomic E-state index is 13.5.